The van der Waals surface area contributed by atoms with E-state index in [1.165, 1.54) is 20.8 Å². The Morgan fingerprint density at radius 3 is 2.52 bits per heavy atom. The van der Waals surface area contributed by atoms with Crippen LogP contribution in [0.4, 0.5) is 4.39 Å². The molecule has 124 valence electrons. The minimum Gasteiger partial charge on any atom is -0.726 e. The summed E-state index contributed by atoms with van der Waals surface area (Å²) in [6, 6.07) is 0. The molecule has 1 fully saturated rings. The molecule has 1 rings (SSSR count). The van der Waals surface area contributed by atoms with Crippen molar-refractivity contribution < 1.29 is 40.5 Å². The molecular weight excluding hydrogens is 311 g/mol. The predicted octanol–water partition coefficient (Wildman–Crippen LogP) is 0.275. The van der Waals surface area contributed by atoms with Gasteiger partial charge in [0.1, 0.15) is 12.2 Å². The summed E-state index contributed by atoms with van der Waals surface area (Å²) in [4.78, 5) is 11.6. The summed E-state index contributed by atoms with van der Waals surface area (Å²) in [5, 5.41) is 0. The molecule has 1 aliphatic heterocycles. The average molecular weight is 329 g/mol. The number of rotatable bonds is 6. The Morgan fingerprint density at radius 2 is 2.14 bits per heavy atom. The van der Waals surface area contributed by atoms with Gasteiger partial charge in [-0.3, -0.25) is 4.18 Å². The van der Waals surface area contributed by atoms with Crippen LogP contribution in [0.3, 0.4) is 0 Å². The Balaban J connectivity index is 3.05. The Bertz CT molecular complexity index is 486. The van der Waals surface area contributed by atoms with Crippen LogP contribution in [0.25, 0.3) is 0 Å². The first-order chi connectivity index (χ1) is 9.39. The van der Waals surface area contributed by atoms with Gasteiger partial charge in [0.05, 0.1) is 13.2 Å². The lowest BCUT2D eigenvalue weighted by Crippen LogP contribution is -2.53. The van der Waals surface area contributed by atoms with Crippen LogP contribution < -0.4 is 0 Å². The highest BCUT2D eigenvalue weighted by molar-refractivity contribution is 7.80. The van der Waals surface area contributed by atoms with Crippen LogP contribution in [-0.4, -0.2) is 55.8 Å². The number of alkyl halides is 1. The number of esters is 1. The third-order valence-electron chi connectivity index (χ3n) is 2.80. The predicted molar refractivity (Wildman–Crippen MR) is 65.6 cm³/mol. The van der Waals surface area contributed by atoms with Crippen LogP contribution >= 0.6 is 0 Å². The fourth-order valence-corrected chi connectivity index (χ4v) is 2.44. The van der Waals surface area contributed by atoms with Gasteiger partial charge in [0, 0.05) is 0 Å². The quantitative estimate of drug-likeness (QED) is 0.388. The second-order valence-corrected chi connectivity index (χ2v) is 6.10. The SMILES string of the molecule is CCOC(=O)[C@](C)(F)C(OS(=O)(=O)[O-])[C@H]1COC(C)(C)O1. The first-order valence-corrected chi connectivity index (χ1v) is 7.54. The van der Waals surface area contributed by atoms with Gasteiger partial charge in [0.25, 0.3) is 0 Å². The van der Waals surface area contributed by atoms with Gasteiger partial charge in [-0.2, -0.15) is 0 Å². The van der Waals surface area contributed by atoms with Gasteiger partial charge in [-0.25, -0.2) is 17.6 Å². The van der Waals surface area contributed by atoms with Crippen LogP contribution in [0.1, 0.15) is 27.7 Å². The average Bonchev–Trinajstić information content (AvgIpc) is 2.65. The molecule has 0 radical (unpaired) electrons. The number of ether oxygens (including phenoxy) is 3. The molecule has 1 unspecified atom stereocenters. The second kappa shape index (κ2) is 6.13. The van der Waals surface area contributed by atoms with E-state index in [9.17, 15) is 22.2 Å². The smallest absolute Gasteiger partial charge is 0.346 e. The Labute approximate surface area is 122 Å². The number of hydrogen-bond donors (Lipinski definition) is 0. The molecule has 0 spiro atoms. The normalized spacial score (nSPS) is 26.1. The van der Waals surface area contributed by atoms with Crippen molar-refractivity contribution in [1.82, 2.24) is 0 Å². The standard InChI is InChI=1S/C11H19FO8S/c1-5-17-9(13)11(4,12)8(20-21(14,15)16)7-6-18-10(2,3)19-7/h7-8H,5-6H2,1-4H3,(H,14,15,16)/p-1/t7-,8?,11-/m1/s1. The van der Waals surface area contributed by atoms with E-state index in [2.05, 4.69) is 8.92 Å². The largest absolute Gasteiger partial charge is 0.726 e. The zero-order valence-electron chi connectivity index (χ0n) is 12.1. The second-order valence-electron chi connectivity index (χ2n) is 5.09. The molecule has 0 N–H and O–H groups in total. The third kappa shape index (κ3) is 4.85. The maximum absolute atomic E-state index is 14.6. The van der Waals surface area contributed by atoms with E-state index in [0.717, 1.165) is 6.92 Å². The van der Waals surface area contributed by atoms with Crippen molar-refractivity contribution in [1.29, 1.82) is 0 Å². The Hall–Kier alpha value is -0.810. The van der Waals surface area contributed by atoms with Gasteiger partial charge in [-0.1, -0.05) is 0 Å². The molecule has 1 saturated heterocycles. The fraction of sp³-hybridized carbons (Fsp3) is 0.909. The third-order valence-corrected chi connectivity index (χ3v) is 3.24. The Kier molecular flexibility index (Phi) is 5.32. The first-order valence-electron chi connectivity index (χ1n) is 6.21. The summed E-state index contributed by atoms with van der Waals surface area (Å²) in [6.07, 6.45) is -3.27. The molecule has 3 atom stereocenters. The molecule has 1 heterocycles. The zero-order chi connectivity index (χ0) is 16.5. The molecule has 21 heavy (non-hydrogen) atoms. The molecule has 8 nitrogen and oxygen atoms in total. The van der Waals surface area contributed by atoms with E-state index in [0.29, 0.717) is 0 Å². The number of halogens is 1. The van der Waals surface area contributed by atoms with Gasteiger partial charge in [0.2, 0.25) is 16.1 Å². The molecule has 1 aliphatic rings. The highest BCUT2D eigenvalue weighted by Gasteiger charge is 2.53. The summed E-state index contributed by atoms with van der Waals surface area (Å²) in [5.41, 5.74) is -2.90. The molecular formula is C11H18FO8S-. The van der Waals surface area contributed by atoms with Crippen LogP contribution in [-0.2, 0) is 33.6 Å². The van der Waals surface area contributed by atoms with E-state index >= 15 is 0 Å². The van der Waals surface area contributed by atoms with Crippen molar-refractivity contribution in [2.75, 3.05) is 13.2 Å². The highest BCUT2D eigenvalue weighted by Crippen LogP contribution is 2.33. The number of carbonyl (C=O) groups is 1. The number of hydrogen-bond acceptors (Lipinski definition) is 8. The summed E-state index contributed by atoms with van der Waals surface area (Å²) >= 11 is 0. The molecule has 0 aromatic rings. The van der Waals surface area contributed by atoms with E-state index in [1.54, 1.807) is 0 Å². The van der Waals surface area contributed by atoms with Gasteiger partial charge in [-0.05, 0) is 27.7 Å². The maximum atomic E-state index is 14.6. The topological polar surface area (TPSA) is 111 Å². The molecule has 0 amide bonds. The van der Waals surface area contributed by atoms with Crippen molar-refractivity contribution >= 4 is 16.4 Å². The van der Waals surface area contributed by atoms with Crippen molar-refractivity contribution in [2.24, 2.45) is 0 Å². The van der Waals surface area contributed by atoms with Gasteiger partial charge >= 0.3 is 5.97 Å². The lowest BCUT2D eigenvalue weighted by atomic mass is 9.97. The van der Waals surface area contributed by atoms with E-state index < -0.39 is 40.0 Å². The number of carbonyl (C=O) groups excluding carboxylic acids is 1. The first kappa shape index (κ1) is 18.2. The van der Waals surface area contributed by atoms with Gasteiger partial charge in [-0.15, -0.1) is 0 Å². The maximum Gasteiger partial charge on any atom is 0.346 e. The van der Waals surface area contributed by atoms with Crippen LogP contribution in [0.5, 0.6) is 0 Å². The highest BCUT2D eigenvalue weighted by atomic mass is 32.3. The lowest BCUT2D eigenvalue weighted by Gasteiger charge is -2.32. The van der Waals surface area contributed by atoms with E-state index in [1.807, 2.05) is 0 Å². The molecule has 0 aliphatic carbocycles. The molecule has 0 saturated carbocycles. The van der Waals surface area contributed by atoms with Crippen molar-refractivity contribution in [3.63, 3.8) is 0 Å². The van der Waals surface area contributed by atoms with Crippen LogP contribution in [0.2, 0.25) is 0 Å². The summed E-state index contributed by atoms with van der Waals surface area (Å²) in [5.74, 6) is -2.48. The molecule has 0 aromatic carbocycles. The summed E-state index contributed by atoms with van der Waals surface area (Å²) in [6.45, 7) is 4.86. The summed E-state index contributed by atoms with van der Waals surface area (Å²) < 4.78 is 66.2. The fourth-order valence-electron chi connectivity index (χ4n) is 1.88. The zero-order valence-corrected chi connectivity index (χ0v) is 12.9. The van der Waals surface area contributed by atoms with Crippen molar-refractivity contribution in [3.8, 4) is 0 Å². The molecule has 0 bridgehead atoms. The lowest BCUT2D eigenvalue weighted by molar-refractivity contribution is -0.179. The van der Waals surface area contributed by atoms with Crippen LogP contribution in [0, 0.1) is 0 Å². The molecule has 10 heteroatoms. The minimum atomic E-state index is -5.26. The molecule has 0 aromatic heterocycles. The van der Waals surface area contributed by atoms with Gasteiger partial charge in [0.15, 0.2) is 5.79 Å². The monoisotopic (exact) mass is 329 g/mol. The van der Waals surface area contributed by atoms with Crippen molar-refractivity contribution in [2.45, 2.75) is 51.4 Å². The van der Waals surface area contributed by atoms with Crippen molar-refractivity contribution in [3.05, 3.63) is 0 Å². The van der Waals surface area contributed by atoms with Crippen LogP contribution in [0.15, 0.2) is 0 Å². The van der Waals surface area contributed by atoms with E-state index in [-0.39, 0.29) is 13.2 Å². The van der Waals surface area contributed by atoms with E-state index in [4.69, 9.17) is 9.47 Å². The Morgan fingerprint density at radius 1 is 1.57 bits per heavy atom. The van der Waals surface area contributed by atoms with Gasteiger partial charge < -0.3 is 18.8 Å². The summed E-state index contributed by atoms with van der Waals surface area (Å²) in [7, 11) is -5.26. The minimum absolute atomic E-state index is 0.122.